The van der Waals surface area contributed by atoms with E-state index in [0.717, 1.165) is 5.56 Å². The summed E-state index contributed by atoms with van der Waals surface area (Å²) < 4.78 is 11.1. The van der Waals surface area contributed by atoms with Gasteiger partial charge in [0, 0.05) is 6.20 Å². The van der Waals surface area contributed by atoms with Crippen molar-refractivity contribution in [2.75, 3.05) is 7.11 Å². The van der Waals surface area contributed by atoms with Gasteiger partial charge in [-0.2, -0.15) is 5.10 Å². The summed E-state index contributed by atoms with van der Waals surface area (Å²) >= 11 is 0. The van der Waals surface area contributed by atoms with Gasteiger partial charge in [-0.15, -0.1) is 0 Å². The van der Waals surface area contributed by atoms with Crippen LogP contribution in [0.25, 0.3) is 0 Å². The van der Waals surface area contributed by atoms with Gasteiger partial charge >= 0.3 is 18.0 Å². The van der Waals surface area contributed by atoms with E-state index in [0.29, 0.717) is 0 Å². The first-order valence-corrected chi connectivity index (χ1v) is 8.66. The topological polar surface area (TPSA) is 120 Å². The van der Waals surface area contributed by atoms with E-state index in [4.69, 9.17) is 9.47 Å². The van der Waals surface area contributed by atoms with Crippen LogP contribution in [0.5, 0.6) is 0 Å². The molecule has 2 N–H and O–H groups in total. The maximum absolute atomic E-state index is 12.1. The first-order chi connectivity index (χ1) is 13.3. The highest BCUT2D eigenvalue weighted by Gasteiger charge is 2.33. The maximum Gasteiger partial charge on any atom is 0.408 e. The van der Waals surface area contributed by atoms with E-state index in [1.807, 2.05) is 6.07 Å². The number of carboxylic acid groups (broad SMARTS) is 1. The fraction of sp³-hybridized carbons (Fsp3) is 0.368. The van der Waals surface area contributed by atoms with E-state index in [1.165, 1.54) is 24.1 Å². The molecule has 1 aromatic carbocycles. The van der Waals surface area contributed by atoms with Crippen molar-refractivity contribution < 1.29 is 29.0 Å². The summed E-state index contributed by atoms with van der Waals surface area (Å²) in [7, 11) is 1.24. The number of hydrogen-bond donors (Lipinski definition) is 2. The molecule has 2 aromatic rings. The minimum Gasteiger partial charge on any atom is -0.479 e. The van der Waals surface area contributed by atoms with E-state index in [9.17, 15) is 19.5 Å². The van der Waals surface area contributed by atoms with Crippen LogP contribution >= 0.6 is 0 Å². The molecule has 1 aromatic heterocycles. The molecular weight excluding hydrogens is 366 g/mol. The number of aliphatic carboxylic acids is 1. The fourth-order valence-corrected chi connectivity index (χ4v) is 2.71. The Hall–Kier alpha value is -3.36. The monoisotopic (exact) mass is 389 g/mol. The number of carbonyl (C=O) groups is 3. The first kappa shape index (κ1) is 20.9. The number of nitrogens with one attached hydrogen (secondary N) is 1. The second-order valence-corrected chi connectivity index (χ2v) is 6.39. The standard InChI is InChI=1S/C19H23N3O6/c1-12(2)16(18(25)27-3)22-14(9-10-20-22)15(17(23)24)21-19(26)28-11-13-7-5-4-6-8-13/h4-10,12,15-16H,11H2,1-3H3,(H,21,26)(H,23,24)/t15-,16+/m1/s1. The van der Waals surface area contributed by atoms with Gasteiger partial charge in [-0.05, 0) is 17.5 Å². The molecule has 0 saturated heterocycles. The van der Waals surface area contributed by atoms with Crippen molar-refractivity contribution in [1.82, 2.24) is 15.1 Å². The van der Waals surface area contributed by atoms with Crippen LogP contribution in [-0.4, -0.2) is 40.0 Å². The molecule has 0 aliphatic rings. The van der Waals surface area contributed by atoms with Crippen molar-refractivity contribution in [2.45, 2.75) is 32.5 Å². The summed E-state index contributed by atoms with van der Waals surface area (Å²) in [5, 5.41) is 16.0. The molecule has 2 atom stereocenters. The number of carboxylic acids is 1. The van der Waals surface area contributed by atoms with Crippen LogP contribution < -0.4 is 5.32 Å². The zero-order valence-corrected chi connectivity index (χ0v) is 15.9. The third-order valence-electron chi connectivity index (χ3n) is 4.06. The summed E-state index contributed by atoms with van der Waals surface area (Å²) in [6.07, 6.45) is 0.462. The Bertz CT molecular complexity index is 818. The quantitative estimate of drug-likeness (QED) is 0.665. The van der Waals surface area contributed by atoms with Gasteiger partial charge in [0.05, 0.1) is 12.8 Å². The predicted octanol–water partition coefficient (Wildman–Crippen LogP) is 2.31. The zero-order valence-electron chi connectivity index (χ0n) is 15.9. The van der Waals surface area contributed by atoms with Gasteiger partial charge in [0.2, 0.25) is 0 Å². The largest absolute Gasteiger partial charge is 0.479 e. The molecule has 1 heterocycles. The molecule has 9 nitrogen and oxygen atoms in total. The van der Waals surface area contributed by atoms with Crippen LogP contribution in [0.2, 0.25) is 0 Å². The number of ether oxygens (including phenoxy) is 2. The molecule has 2 rings (SSSR count). The molecule has 0 spiro atoms. The van der Waals surface area contributed by atoms with Crippen LogP contribution in [0, 0.1) is 5.92 Å². The van der Waals surface area contributed by atoms with Gasteiger partial charge in [-0.1, -0.05) is 44.2 Å². The minimum atomic E-state index is -1.45. The zero-order chi connectivity index (χ0) is 20.7. The average molecular weight is 389 g/mol. The van der Waals surface area contributed by atoms with E-state index < -0.39 is 30.1 Å². The summed E-state index contributed by atoms with van der Waals surface area (Å²) in [6, 6.07) is 8.13. The lowest BCUT2D eigenvalue weighted by Gasteiger charge is -2.23. The van der Waals surface area contributed by atoms with Crippen molar-refractivity contribution in [3.8, 4) is 0 Å². The summed E-state index contributed by atoms with van der Waals surface area (Å²) in [4.78, 5) is 36.0. The second kappa shape index (κ2) is 9.54. The summed E-state index contributed by atoms with van der Waals surface area (Å²) in [6.45, 7) is 3.56. The lowest BCUT2D eigenvalue weighted by atomic mass is 10.0. The molecule has 0 radical (unpaired) electrons. The van der Waals surface area contributed by atoms with Crippen LogP contribution in [0.3, 0.4) is 0 Å². The van der Waals surface area contributed by atoms with Gasteiger partial charge in [0.15, 0.2) is 12.1 Å². The number of aromatic nitrogens is 2. The summed E-state index contributed by atoms with van der Waals surface area (Å²) in [5.74, 6) is -2.09. The highest BCUT2D eigenvalue weighted by Crippen LogP contribution is 2.24. The van der Waals surface area contributed by atoms with Crippen molar-refractivity contribution >= 4 is 18.0 Å². The number of amides is 1. The van der Waals surface area contributed by atoms with E-state index in [-0.39, 0.29) is 18.2 Å². The molecular formula is C19H23N3O6. The third kappa shape index (κ3) is 5.09. The highest BCUT2D eigenvalue weighted by atomic mass is 16.5. The van der Waals surface area contributed by atoms with E-state index >= 15 is 0 Å². The lowest BCUT2D eigenvalue weighted by Crippen LogP contribution is -2.37. The normalized spacial score (nSPS) is 12.9. The maximum atomic E-state index is 12.1. The van der Waals surface area contributed by atoms with Gasteiger partial charge in [-0.25, -0.2) is 14.4 Å². The third-order valence-corrected chi connectivity index (χ3v) is 4.06. The number of esters is 1. The molecule has 0 aliphatic heterocycles. The second-order valence-electron chi connectivity index (χ2n) is 6.39. The Morgan fingerprint density at radius 1 is 1.18 bits per heavy atom. The molecule has 0 fully saturated rings. The smallest absolute Gasteiger partial charge is 0.408 e. The van der Waals surface area contributed by atoms with Crippen LogP contribution in [0.1, 0.15) is 37.2 Å². The fourth-order valence-electron chi connectivity index (χ4n) is 2.71. The highest BCUT2D eigenvalue weighted by molar-refractivity contribution is 5.81. The van der Waals surface area contributed by atoms with Gasteiger partial charge in [-0.3, -0.25) is 4.68 Å². The minimum absolute atomic E-state index is 0.00491. The van der Waals surface area contributed by atoms with Crippen LogP contribution in [0.4, 0.5) is 4.79 Å². The number of hydrogen-bond acceptors (Lipinski definition) is 6. The molecule has 9 heteroatoms. The van der Waals surface area contributed by atoms with Crippen molar-refractivity contribution in [1.29, 1.82) is 0 Å². The lowest BCUT2D eigenvalue weighted by molar-refractivity contribution is -0.147. The van der Waals surface area contributed by atoms with Crippen molar-refractivity contribution in [3.63, 3.8) is 0 Å². The Balaban J connectivity index is 2.18. The molecule has 1 amide bonds. The number of rotatable bonds is 8. The Morgan fingerprint density at radius 2 is 1.86 bits per heavy atom. The molecule has 28 heavy (non-hydrogen) atoms. The van der Waals surface area contributed by atoms with Gasteiger partial charge in [0.1, 0.15) is 6.61 Å². The molecule has 0 saturated carbocycles. The van der Waals surface area contributed by atoms with E-state index in [1.54, 1.807) is 38.1 Å². The Kier molecular flexibility index (Phi) is 7.14. The average Bonchev–Trinajstić information content (AvgIpc) is 3.13. The van der Waals surface area contributed by atoms with Gasteiger partial charge in [0.25, 0.3) is 0 Å². The van der Waals surface area contributed by atoms with Crippen LogP contribution in [-0.2, 0) is 25.7 Å². The Morgan fingerprint density at radius 3 is 2.43 bits per heavy atom. The number of carbonyl (C=O) groups excluding carboxylic acids is 2. The number of alkyl carbamates (subject to hydrolysis) is 1. The van der Waals surface area contributed by atoms with E-state index in [2.05, 4.69) is 10.4 Å². The number of methoxy groups -OCH3 is 1. The molecule has 150 valence electrons. The van der Waals surface area contributed by atoms with Crippen molar-refractivity contribution in [3.05, 3.63) is 53.9 Å². The molecule has 0 aliphatic carbocycles. The van der Waals surface area contributed by atoms with Gasteiger partial charge < -0.3 is 19.9 Å². The summed E-state index contributed by atoms with van der Waals surface area (Å²) in [5.41, 5.74) is 0.897. The molecule has 0 unspecified atom stereocenters. The number of nitrogens with zero attached hydrogens (tertiary/aromatic N) is 2. The number of benzene rings is 1. The molecule has 0 bridgehead atoms. The first-order valence-electron chi connectivity index (χ1n) is 8.66. The Labute approximate surface area is 162 Å². The van der Waals surface area contributed by atoms with Crippen molar-refractivity contribution in [2.24, 2.45) is 5.92 Å². The van der Waals surface area contributed by atoms with Crippen LogP contribution in [0.15, 0.2) is 42.6 Å². The predicted molar refractivity (Wildman–Crippen MR) is 98.3 cm³/mol. The SMILES string of the molecule is COC(=O)[C@H](C(C)C)n1nccc1[C@@H](NC(=O)OCc1ccccc1)C(=O)O.